The first-order chi connectivity index (χ1) is 14.3. The molecule has 1 aromatic heterocycles. The molecule has 1 saturated heterocycles. The third kappa shape index (κ3) is 4.81. The first kappa shape index (κ1) is 21.8. The Morgan fingerprint density at radius 1 is 1.13 bits per heavy atom. The first-order valence-corrected chi connectivity index (χ1v) is 10.2. The van der Waals surface area contributed by atoms with E-state index < -0.39 is 29.0 Å². The van der Waals surface area contributed by atoms with Gasteiger partial charge in [0.05, 0.1) is 17.1 Å². The highest BCUT2D eigenvalue weighted by atomic mass is 32.1. The van der Waals surface area contributed by atoms with Crippen molar-refractivity contribution in [1.82, 2.24) is 9.80 Å². The summed E-state index contributed by atoms with van der Waals surface area (Å²) in [6, 6.07) is 5.18. The summed E-state index contributed by atoms with van der Waals surface area (Å²) >= 11 is 1.36. The van der Waals surface area contributed by atoms with Gasteiger partial charge in [-0.1, -0.05) is 6.07 Å². The Morgan fingerprint density at radius 3 is 2.47 bits per heavy atom. The number of thiophene rings is 1. The van der Waals surface area contributed by atoms with E-state index in [9.17, 15) is 27.6 Å². The molecule has 0 aliphatic carbocycles. The number of rotatable bonds is 5. The van der Waals surface area contributed by atoms with Crippen LogP contribution in [0.15, 0.2) is 29.6 Å². The third-order valence-electron chi connectivity index (χ3n) is 4.93. The van der Waals surface area contributed by atoms with Gasteiger partial charge in [0.15, 0.2) is 17.5 Å². The topological polar surface area (TPSA) is 69.7 Å². The highest BCUT2D eigenvalue weighted by molar-refractivity contribution is 7.12. The van der Waals surface area contributed by atoms with Crippen LogP contribution in [0.1, 0.15) is 22.5 Å². The van der Waals surface area contributed by atoms with Gasteiger partial charge < -0.3 is 15.1 Å². The van der Waals surface area contributed by atoms with E-state index in [1.165, 1.54) is 23.3 Å². The van der Waals surface area contributed by atoms with Gasteiger partial charge in [0, 0.05) is 26.1 Å². The molecule has 1 aliphatic rings. The molecule has 0 bridgehead atoms. The molecule has 10 heteroatoms. The molecule has 1 N–H and O–H groups in total. The number of anilines is 1. The average Bonchev–Trinajstić information content (AvgIpc) is 3.28. The molecule has 0 radical (unpaired) electrons. The number of nitrogens with one attached hydrogen (secondary N) is 1. The largest absolute Gasteiger partial charge is 0.338 e. The standard InChI is InChI=1S/C20H20F3N3O3S/c1-25(11-16(27)24-14-5-4-13(21)17(22)18(14)23)19(28)12-6-8-26(9-7-12)20(29)15-3-2-10-30-15/h2-5,10,12H,6-9,11H2,1H3,(H,24,27). The van der Waals surface area contributed by atoms with Gasteiger partial charge in [-0.25, -0.2) is 13.2 Å². The molecule has 3 amide bonds. The number of hydrogen-bond donors (Lipinski definition) is 1. The molecule has 3 rings (SSSR count). The highest BCUT2D eigenvalue weighted by Gasteiger charge is 2.30. The number of nitrogens with zero attached hydrogens (tertiary/aromatic N) is 2. The summed E-state index contributed by atoms with van der Waals surface area (Å²) < 4.78 is 39.9. The molecule has 2 aromatic rings. The Morgan fingerprint density at radius 2 is 1.83 bits per heavy atom. The fraction of sp³-hybridized carbons (Fsp3) is 0.350. The van der Waals surface area contributed by atoms with Crippen LogP contribution in [0.4, 0.5) is 18.9 Å². The summed E-state index contributed by atoms with van der Waals surface area (Å²) in [7, 11) is 1.44. The van der Waals surface area contributed by atoms with Crippen LogP contribution in [0.2, 0.25) is 0 Å². The van der Waals surface area contributed by atoms with Crippen LogP contribution in [0.3, 0.4) is 0 Å². The number of likely N-dealkylation sites (tertiary alicyclic amines) is 1. The second-order valence-electron chi connectivity index (χ2n) is 7.01. The fourth-order valence-corrected chi connectivity index (χ4v) is 3.99. The van der Waals surface area contributed by atoms with E-state index in [2.05, 4.69) is 5.32 Å². The maximum atomic E-state index is 13.7. The van der Waals surface area contributed by atoms with Crippen molar-refractivity contribution in [1.29, 1.82) is 0 Å². The van der Waals surface area contributed by atoms with Gasteiger partial charge in [-0.05, 0) is 36.4 Å². The lowest BCUT2D eigenvalue weighted by Gasteiger charge is -2.32. The normalized spacial score (nSPS) is 14.5. The van der Waals surface area contributed by atoms with Crippen molar-refractivity contribution in [3.05, 3.63) is 52.0 Å². The number of piperidine rings is 1. The molecular formula is C20H20F3N3O3S. The fourth-order valence-electron chi connectivity index (χ4n) is 3.30. The lowest BCUT2D eigenvalue weighted by molar-refractivity contribution is -0.138. The predicted octanol–water partition coefficient (Wildman–Crippen LogP) is 3.11. The van der Waals surface area contributed by atoms with Crippen molar-refractivity contribution in [2.45, 2.75) is 12.8 Å². The molecule has 1 aliphatic heterocycles. The van der Waals surface area contributed by atoms with E-state index in [1.807, 2.05) is 5.38 Å². The van der Waals surface area contributed by atoms with E-state index in [-0.39, 0.29) is 24.3 Å². The van der Waals surface area contributed by atoms with E-state index in [4.69, 9.17) is 0 Å². The van der Waals surface area contributed by atoms with Crippen LogP contribution in [0.25, 0.3) is 0 Å². The van der Waals surface area contributed by atoms with Crippen LogP contribution in [-0.2, 0) is 9.59 Å². The number of likely N-dealkylation sites (N-methyl/N-ethyl adjacent to an activating group) is 1. The Balaban J connectivity index is 1.51. The zero-order valence-corrected chi connectivity index (χ0v) is 17.0. The van der Waals surface area contributed by atoms with Crippen LogP contribution < -0.4 is 5.32 Å². The molecule has 1 aromatic carbocycles. The second-order valence-corrected chi connectivity index (χ2v) is 7.96. The summed E-state index contributed by atoms with van der Waals surface area (Å²) in [5, 5.41) is 3.97. The predicted molar refractivity (Wildman–Crippen MR) is 106 cm³/mol. The molecular weight excluding hydrogens is 419 g/mol. The van der Waals surface area contributed by atoms with Crippen molar-refractivity contribution in [2.24, 2.45) is 5.92 Å². The Labute approximate surface area is 175 Å². The Kier molecular flexibility index (Phi) is 6.76. The summed E-state index contributed by atoms with van der Waals surface area (Å²) in [6.07, 6.45) is 0.944. The number of halogens is 3. The lowest BCUT2D eigenvalue weighted by Crippen LogP contribution is -2.44. The van der Waals surface area contributed by atoms with Crippen LogP contribution in [0.5, 0.6) is 0 Å². The van der Waals surface area contributed by atoms with Gasteiger partial charge in [-0.2, -0.15) is 0 Å². The molecule has 160 valence electrons. The molecule has 0 atom stereocenters. The van der Waals surface area contributed by atoms with Gasteiger partial charge in [0.1, 0.15) is 0 Å². The van der Waals surface area contributed by atoms with Crippen molar-refractivity contribution in [3.63, 3.8) is 0 Å². The average molecular weight is 439 g/mol. The van der Waals surface area contributed by atoms with Crippen molar-refractivity contribution in [2.75, 3.05) is 32.0 Å². The number of carbonyl (C=O) groups is 3. The minimum atomic E-state index is -1.68. The monoisotopic (exact) mass is 439 g/mol. The maximum absolute atomic E-state index is 13.7. The summed E-state index contributed by atoms with van der Waals surface area (Å²) in [5.74, 6) is -5.93. The van der Waals surface area contributed by atoms with Crippen molar-refractivity contribution in [3.8, 4) is 0 Å². The van der Waals surface area contributed by atoms with Gasteiger partial charge in [-0.3, -0.25) is 14.4 Å². The molecule has 0 saturated carbocycles. The Bertz CT molecular complexity index is 944. The van der Waals surface area contributed by atoms with Gasteiger partial charge >= 0.3 is 0 Å². The minimum Gasteiger partial charge on any atom is -0.338 e. The smallest absolute Gasteiger partial charge is 0.263 e. The zero-order chi connectivity index (χ0) is 21.8. The van der Waals surface area contributed by atoms with E-state index in [1.54, 1.807) is 17.0 Å². The number of carbonyl (C=O) groups excluding carboxylic acids is 3. The van der Waals surface area contributed by atoms with Crippen molar-refractivity contribution >= 4 is 34.7 Å². The van der Waals surface area contributed by atoms with Crippen LogP contribution >= 0.6 is 11.3 Å². The highest BCUT2D eigenvalue weighted by Crippen LogP contribution is 2.23. The molecule has 6 nitrogen and oxygen atoms in total. The van der Waals surface area contributed by atoms with Gasteiger partial charge in [-0.15, -0.1) is 11.3 Å². The number of hydrogen-bond acceptors (Lipinski definition) is 4. The maximum Gasteiger partial charge on any atom is 0.263 e. The van der Waals surface area contributed by atoms with Crippen LogP contribution in [-0.4, -0.2) is 54.2 Å². The third-order valence-corrected chi connectivity index (χ3v) is 5.79. The Hall–Kier alpha value is -2.88. The van der Waals surface area contributed by atoms with E-state index in [0.717, 1.165) is 6.07 Å². The van der Waals surface area contributed by atoms with Crippen LogP contribution in [0, 0.1) is 23.4 Å². The molecule has 0 unspecified atom stereocenters. The number of benzene rings is 1. The molecule has 2 heterocycles. The summed E-state index contributed by atoms with van der Waals surface area (Å²) in [4.78, 5) is 40.6. The van der Waals surface area contributed by atoms with E-state index >= 15 is 0 Å². The molecule has 1 fully saturated rings. The summed E-state index contributed by atoms with van der Waals surface area (Å²) in [5.41, 5.74) is -0.500. The number of amides is 3. The molecule has 0 spiro atoms. The van der Waals surface area contributed by atoms with Gasteiger partial charge in [0.2, 0.25) is 11.8 Å². The van der Waals surface area contributed by atoms with Gasteiger partial charge in [0.25, 0.3) is 5.91 Å². The quantitative estimate of drug-likeness (QED) is 0.728. The SMILES string of the molecule is CN(CC(=O)Nc1ccc(F)c(F)c1F)C(=O)C1CCN(C(=O)c2cccs2)CC1. The lowest BCUT2D eigenvalue weighted by atomic mass is 9.95. The molecule has 30 heavy (non-hydrogen) atoms. The second kappa shape index (κ2) is 9.29. The first-order valence-electron chi connectivity index (χ1n) is 9.29. The minimum absolute atomic E-state index is 0.0582. The summed E-state index contributed by atoms with van der Waals surface area (Å²) in [6.45, 7) is 0.506. The van der Waals surface area contributed by atoms with Crippen molar-refractivity contribution < 1.29 is 27.6 Å². The zero-order valence-electron chi connectivity index (χ0n) is 16.2. The van der Waals surface area contributed by atoms with E-state index in [0.29, 0.717) is 36.9 Å².